The maximum Gasteiger partial charge on any atom is 0.435 e. The van der Waals surface area contributed by atoms with E-state index in [1.165, 1.54) is 0 Å². The lowest BCUT2D eigenvalue weighted by Crippen LogP contribution is -2.38. The number of rotatable bonds is 3. The molecule has 2 amide bonds. The molecule has 0 heterocycles. The van der Waals surface area contributed by atoms with Gasteiger partial charge >= 0.3 is 12.2 Å². The smallest absolute Gasteiger partial charge is 0.435 e. The van der Waals surface area contributed by atoms with Crippen LogP contribution in [0.3, 0.4) is 0 Å². The van der Waals surface area contributed by atoms with Crippen molar-refractivity contribution in [2.24, 2.45) is 4.99 Å². The van der Waals surface area contributed by atoms with E-state index in [9.17, 15) is 14.4 Å². The van der Waals surface area contributed by atoms with Gasteiger partial charge in [-0.1, -0.05) is 28.1 Å². The second-order valence-electron chi connectivity index (χ2n) is 7.78. The first-order chi connectivity index (χ1) is 12.2. The van der Waals surface area contributed by atoms with Crippen molar-refractivity contribution in [2.75, 3.05) is 0 Å². The number of nitrogens with zero attached hydrogens (tertiary/aromatic N) is 1. The van der Waals surface area contributed by atoms with Crippen LogP contribution in [0.15, 0.2) is 33.7 Å². The highest BCUT2D eigenvalue weighted by molar-refractivity contribution is 9.10. The number of benzene rings is 1. The van der Waals surface area contributed by atoms with Crippen LogP contribution in [-0.2, 0) is 9.47 Å². The lowest BCUT2D eigenvalue weighted by molar-refractivity contribution is 0.0562. The fraction of sp³-hybridized carbons (Fsp3) is 0.474. The molecule has 0 aliphatic rings. The van der Waals surface area contributed by atoms with Gasteiger partial charge in [0.05, 0.1) is 6.42 Å². The van der Waals surface area contributed by atoms with Gasteiger partial charge in [0.15, 0.2) is 5.78 Å². The fourth-order valence-corrected chi connectivity index (χ4v) is 2.24. The van der Waals surface area contributed by atoms with Crippen LogP contribution in [0.25, 0.3) is 0 Å². The van der Waals surface area contributed by atoms with Gasteiger partial charge in [0.1, 0.15) is 17.0 Å². The number of aliphatic imine (C=N–C) groups is 1. The summed E-state index contributed by atoms with van der Waals surface area (Å²) in [6, 6.07) is 6.77. The number of alkyl carbamates (subject to hydrolysis) is 1. The van der Waals surface area contributed by atoms with Crippen LogP contribution in [0, 0.1) is 0 Å². The Kier molecular flexibility index (Phi) is 7.71. The Morgan fingerprint density at radius 2 is 1.63 bits per heavy atom. The molecule has 0 saturated heterocycles. The molecular formula is C19H25BrN2O5. The van der Waals surface area contributed by atoms with Gasteiger partial charge in [-0.15, -0.1) is 0 Å². The third kappa shape index (κ3) is 9.89. The molecule has 148 valence electrons. The van der Waals surface area contributed by atoms with E-state index in [2.05, 4.69) is 26.2 Å². The number of amidine groups is 1. The lowest BCUT2D eigenvalue weighted by atomic mass is 10.1. The van der Waals surface area contributed by atoms with Crippen molar-refractivity contribution in [1.82, 2.24) is 5.32 Å². The van der Waals surface area contributed by atoms with Crippen LogP contribution in [0.2, 0.25) is 0 Å². The number of halogens is 1. The first-order valence-electron chi connectivity index (χ1n) is 8.34. The Hall–Kier alpha value is -2.22. The molecule has 1 N–H and O–H groups in total. The van der Waals surface area contributed by atoms with Crippen molar-refractivity contribution < 1.29 is 23.9 Å². The first-order valence-corrected chi connectivity index (χ1v) is 9.14. The molecule has 1 aromatic carbocycles. The average Bonchev–Trinajstić information content (AvgIpc) is 2.42. The normalized spacial score (nSPS) is 12.3. The standard InChI is InChI=1S/C19H25BrN2O5/c1-18(2,3)26-16(24)21-15(22-17(25)27-19(4,5)6)11-14(23)12-8-7-9-13(20)10-12/h7-10H,11H2,1-6H3,(H,21,22,24,25). The van der Waals surface area contributed by atoms with E-state index < -0.39 is 23.4 Å². The average molecular weight is 441 g/mol. The minimum absolute atomic E-state index is 0.150. The van der Waals surface area contributed by atoms with Gasteiger partial charge in [0, 0.05) is 10.0 Å². The number of hydrogen-bond donors (Lipinski definition) is 1. The summed E-state index contributed by atoms with van der Waals surface area (Å²) in [4.78, 5) is 40.2. The summed E-state index contributed by atoms with van der Waals surface area (Å²) in [5.41, 5.74) is -1.09. The van der Waals surface area contributed by atoms with Crippen molar-refractivity contribution in [3.8, 4) is 0 Å². The number of Topliss-reactive ketones (excluding diaryl/α,β-unsaturated/α-hetero) is 1. The van der Waals surface area contributed by atoms with Crippen LogP contribution in [0.5, 0.6) is 0 Å². The zero-order valence-electron chi connectivity index (χ0n) is 16.4. The molecule has 27 heavy (non-hydrogen) atoms. The van der Waals surface area contributed by atoms with E-state index in [1.54, 1.807) is 65.8 Å². The van der Waals surface area contributed by atoms with E-state index in [0.29, 0.717) is 5.56 Å². The predicted octanol–water partition coefficient (Wildman–Crippen LogP) is 4.88. The summed E-state index contributed by atoms with van der Waals surface area (Å²) in [5, 5.41) is 2.36. The third-order valence-corrected chi connectivity index (χ3v) is 3.23. The van der Waals surface area contributed by atoms with Crippen LogP contribution in [-0.4, -0.2) is 35.0 Å². The number of carbonyl (C=O) groups excluding carboxylic acids is 3. The topological polar surface area (TPSA) is 94.1 Å². The molecule has 1 aromatic rings. The van der Waals surface area contributed by atoms with Crippen molar-refractivity contribution in [2.45, 2.75) is 59.2 Å². The fourth-order valence-electron chi connectivity index (χ4n) is 1.84. The van der Waals surface area contributed by atoms with Crippen LogP contribution in [0.4, 0.5) is 9.59 Å². The van der Waals surface area contributed by atoms with E-state index in [0.717, 1.165) is 4.47 Å². The van der Waals surface area contributed by atoms with E-state index >= 15 is 0 Å². The highest BCUT2D eigenvalue weighted by Gasteiger charge is 2.22. The summed E-state index contributed by atoms with van der Waals surface area (Å²) >= 11 is 3.30. The quantitative estimate of drug-likeness (QED) is 0.410. The second-order valence-corrected chi connectivity index (χ2v) is 8.69. The largest absolute Gasteiger partial charge is 0.444 e. The molecule has 0 bridgehead atoms. The van der Waals surface area contributed by atoms with Crippen molar-refractivity contribution in [3.05, 3.63) is 34.3 Å². The Morgan fingerprint density at radius 3 is 2.15 bits per heavy atom. The summed E-state index contributed by atoms with van der Waals surface area (Å²) in [6.45, 7) is 10.2. The summed E-state index contributed by atoms with van der Waals surface area (Å²) < 4.78 is 11.0. The van der Waals surface area contributed by atoms with Crippen LogP contribution in [0.1, 0.15) is 58.3 Å². The summed E-state index contributed by atoms with van der Waals surface area (Å²) in [7, 11) is 0. The summed E-state index contributed by atoms with van der Waals surface area (Å²) in [6.07, 6.45) is -2.02. The molecule has 8 heteroatoms. The van der Waals surface area contributed by atoms with Crippen LogP contribution >= 0.6 is 15.9 Å². The maximum atomic E-state index is 12.5. The molecule has 1 rings (SSSR count). The molecule has 0 aromatic heterocycles. The van der Waals surface area contributed by atoms with Gasteiger partial charge in [0.25, 0.3) is 0 Å². The molecule has 0 spiro atoms. The molecule has 7 nitrogen and oxygen atoms in total. The molecule has 0 aliphatic heterocycles. The van der Waals surface area contributed by atoms with Gasteiger partial charge in [-0.2, -0.15) is 4.99 Å². The van der Waals surface area contributed by atoms with Crippen molar-refractivity contribution in [3.63, 3.8) is 0 Å². The number of carbonyl (C=O) groups is 3. The Morgan fingerprint density at radius 1 is 1.04 bits per heavy atom. The van der Waals surface area contributed by atoms with Gasteiger partial charge < -0.3 is 9.47 Å². The molecule has 0 saturated carbocycles. The monoisotopic (exact) mass is 440 g/mol. The second kappa shape index (κ2) is 9.12. The van der Waals surface area contributed by atoms with Crippen molar-refractivity contribution in [1.29, 1.82) is 0 Å². The van der Waals surface area contributed by atoms with Crippen molar-refractivity contribution >= 4 is 39.7 Å². The highest BCUT2D eigenvalue weighted by atomic mass is 79.9. The molecule has 0 unspecified atom stereocenters. The predicted molar refractivity (Wildman–Crippen MR) is 106 cm³/mol. The van der Waals surface area contributed by atoms with E-state index in [1.807, 2.05) is 0 Å². The molecule has 0 radical (unpaired) electrons. The molecule has 0 fully saturated rings. The lowest BCUT2D eigenvalue weighted by Gasteiger charge is -2.20. The Bertz CT molecular complexity index is 745. The Balaban J connectivity index is 3.00. The minimum atomic E-state index is -0.907. The zero-order chi connectivity index (χ0) is 20.8. The number of ether oxygens (including phenoxy) is 2. The molecular weight excluding hydrogens is 416 g/mol. The minimum Gasteiger partial charge on any atom is -0.444 e. The number of nitrogens with one attached hydrogen (secondary N) is 1. The van der Waals surface area contributed by atoms with Crippen LogP contribution < -0.4 is 5.32 Å². The molecule has 0 atom stereocenters. The van der Waals surface area contributed by atoms with Gasteiger partial charge in [-0.3, -0.25) is 10.1 Å². The maximum absolute atomic E-state index is 12.5. The number of ketones is 1. The number of hydrogen-bond acceptors (Lipinski definition) is 5. The van der Waals surface area contributed by atoms with Gasteiger partial charge in [-0.05, 0) is 53.7 Å². The van der Waals surface area contributed by atoms with Gasteiger partial charge in [0.2, 0.25) is 0 Å². The highest BCUT2D eigenvalue weighted by Crippen LogP contribution is 2.14. The Labute approximate surface area is 167 Å². The SMILES string of the molecule is CC(C)(C)OC(=O)N=C(CC(=O)c1cccc(Br)c1)NC(=O)OC(C)(C)C. The first kappa shape index (κ1) is 22.8. The van der Waals surface area contributed by atoms with E-state index in [-0.39, 0.29) is 18.0 Å². The zero-order valence-corrected chi connectivity index (χ0v) is 18.0. The third-order valence-electron chi connectivity index (χ3n) is 2.74. The number of amides is 2. The summed E-state index contributed by atoms with van der Waals surface area (Å²) in [5.74, 6) is -0.474. The van der Waals surface area contributed by atoms with Gasteiger partial charge in [-0.25, -0.2) is 9.59 Å². The van der Waals surface area contributed by atoms with E-state index in [4.69, 9.17) is 9.47 Å². The molecule has 0 aliphatic carbocycles.